The summed E-state index contributed by atoms with van der Waals surface area (Å²) < 4.78 is 5.12. The first kappa shape index (κ1) is 13.4. The minimum atomic E-state index is -0.700. The zero-order chi connectivity index (χ0) is 11.2. The third-order valence-corrected chi connectivity index (χ3v) is 3.05. The second-order valence-corrected chi connectivity index (χ2v) is 3.55. The Hall–Kier alpha value is -0.570. The number of methoxy groups -OCH3 is 1. The number of carbonyl (C=O) groups is 1. The average molecular weight is 202 g/mol. The number of rotatable bonds is 3. The first-order valence-corrected chi connectivity index (χ1v) is 5.39. The molecule has 1 atom stereocenters. The fourth-order valence-corrected chi connectivity index (χ4v) is 2.03. The van der Waals surface area contributed by atoms with Gasteiger partial charge in [-0.2, -0.15) is 0 Å². The summed E-state index contributed by atoms with van der Waals surface area (Å²) in [4.78, 5) is 11.0. The molecule has 84 valence electrons. The minimum Gasteiger partial charge on any atom is -0.481 e. The van der Waals surface area contributed by atoms with Crippen molar-refractivity contribution >= 4 is 5.97 Å². The molecule has 1 aliphatic rings. The van der Waals surface area contributed by atoms with Crippen LogP contribution in [0.5, 0.6) is 0 Å². The van der Waals surface area contributed by atoms with Crippen molar-refractivity contribution in [1.82, 2.24) is 0 Å². The molecule has 1 saturated carbocycles. The lowest BCUT2D eigenvalue weighted by atomic mass is 9.81. The predicted octanol–water partition coefficient (Wildman–Crippen LogP) is 2.69. The van der Waals surface area contributed by atoms with Crippen LogP contribution >= 0.6 is 0 Å². The number of hydrogen-bond acceptors (Lipinski definition) is 2. The molecule has 14 heavy (non-hydrogen) atoms. The Morgan fingerprint density at radius 2 is 1.79 bits per heavy atom. The molecule has 3 heteroatoms. The van der Waals surface area contributed by atoms with Crippen molar-refractivity contribution in [3.05, 3.63) is 0 Å². The van der Waals surface area contributed by atoms with E-state index in [4.69, 9.17) is 9.84 Å². The summed E-state index contributed by atoms with van der Waals surface area (Å²) in [5.74, 6) is -0.700. The van der Waals surface area contributed by atoms with Gasteiger partial charge in [0.05, 0.1) is 11.5 Å². The quantitative estimate of drug-likeness (QED) is 0.765. The Kier molecular flexibility index (Phi) is 5.77. The van der Waals surface area contributed by atoms with Gasteiger partial charge in [-0.25, -0.2) is 0 Å². The highest BCUT2D eigenvalue weighted by atomic mass is 16.5. The van der Waals surface area contributed by atoms with Crippen LogP contribution in [0.1, 0.15) is 46.5 Å². The van der Waals surface area contributed by atoms with Gasteiger partial charge in [-0.15, -0.1) is 0 Å². The van der Waals surface area contributed by atoms with E-state index in [0.717, 1.165) is 25.7 Å². The highest BCUT2D eigenvalue weighted by Crippen LogP contribution is 2.42. The zero-order valence-electron chi connectivity index (χ0n) is 9.67. The molecule has 0 spiro atoms. The molecule has 0 aliphatic heterocycles. The summed E-state index contributed by atoms with van der Waals surface area (Å²) >= 11 is 0. The average Bonchev–Trinajstić information content (AvgIpc) is 2.69. The van der Waals surface area contributed by atoms with Crippen LogP contribution in [0.2, 0.25) is 0 Å². The topological polar surface area (TPSA) is 46.5 Å². The van der Waals surface area contributed by atoms with Crippen LogP contribution in [0.25, 0.3) is 0 Å². The summed E-state index contributed by atoms with van der Waals surface area (Å²) in [6.07, 6.45) is 3.38. The molecule has 0 amide bonds. The maximum absolute atomic E-state index is 11.0. The van der Waals surface area contributed by atoms with Gasteiger partial charge in [-0.3, -0.25) is 4.79 Å². The third kappa shape index (κ3) is 2.47. The van der Waals surface area contributed by atoms with E-state index in [1.54, 1.807) is 7.11 Å². The summed E-state index contributed by atoms with van der Waals surface area (Å²) in [5, 5.41) is 9.09. The van der Waals surface area contributed by atoms with Gasteiger partial charge < -0.3 is 9.84 Å². The molecular formula is C11H22O3. The molecule has 1 N–H and O–H groups in total. The molecule has 1 aliphatic carbocycles. The first-order chi connectivity index (χ1) is 6.63. The van der Waals surface area contributed by atoms with E-state index >= 15 is 0 Å². The molecule has 3 nitrogen and oxygen atoms in total. The Bertz CT molecular complexity index is 171. The molecule has 0 bridgehead atoms. The molecule has 0 radical (unpaired) electrons. The van der Waals surface area contributed by atoms with Crippen molar-refractivity contribution in [3.8, 4) is 0 Å². The van der Waals surface area contributed by atoms with Crippen molar-refractivity contribution in [2.45, 2.75) is 52.6 Å². The highest BCUT2D eigenvalue weighted by Gasteiger charge is 2.46. The maximum Gasteiger partial charge on any atom is 0.312 e. The Morgan fingerprint density at radius 1 is 1.36 bits per heavy atom. The predicted molar refractivity (Wildman–Crippen MR) is 56.4 cm³/mol. The summed E-state index contributed by atoms with van der Waals surface area (Å²) in [6, 6.07) is 0. The Morgan fingerprint density at radius 3 is 2.07 bits per heavy atom. The number of hydrogen-bond donors (Lipinski definition) is 1. The zero-order valence-corrected chi connectivity index (χ0v) is 9.67. The van der Waals surface area contributed by atoms with Gasteiger partial charge in [-0.1, -0.05) is 26.7 Å². The van der Waals surface area contributed by atoms with Crippen molar-refractivity contribution in [3.63, 3.8) is 0 Å². The third-order valence-electron chi connectivity index (χ3n) is 3.05. The highest BCUT2D eigenvalue weighted by molar-refractivity contribution is 5.75. The maximum atomic E-state index is 11.0. The number of carboxylic acid groups (broad SMARTS) is 1. The van der Waals surface area contributed by atoms with Gasteiger partial charge in [0.15, 0.2) is 0 Å². The molecule has 1 fully saturated rings. The molecule has 0 saturated heterocycles. The first-order valence-electron chi connectivity index (χ1n) is 5.39. The Labute approximate surface area is 86.5 Å². The monoisotopic (exact) mass is 202 g/mol. The molecule has 0 aromatic rings. The summed E-state index contributed by atoms with van der Waals surface area (Å²) in [5.41, 5.74) is -0.602. The van der Waals surface area contributed by atoms with Gasteiger partial charge in [0, 0.05) is 7.11 Å². The van der Waals surface area contributed by atoms with E-state index in [-0.39, 0.29) is 6.10 Å². The molecule has 0 heterocycles. The summed E-state index contributed by atoms with van der Waals surface area (Å²) in [7, 11) is 1.58. The lowest BCUT2D eigenvalue weighted by molar-refractivity contribution is -0.156. The van der Waals surface area contributed by atoms with Gasteiger partial charge in [0.1, 0.15) is 0 Å². The molecule has 0 aromatic heterocycles. The van der Waals surface area contributed by atoms with Crippen molar-refractivity contribution in [1.29, 1.82) is 0 Å². The minimum absolute atomic E-state index is 0.169. The van der Waals surface area contributed by atoms with E-state index in [2.05, 4.69) is 0 Å². The van der Waals surface area contributed by atoms with Gasteiger partial charge in [0.2, 0.25) is 0 Å². The van der Waals surface area contributed by atoms with Gasteiger partial charge >= 0.3 is 5.97 Å². The lowest BCUT2D eigenvalue weighted by Crippen LogP contribution is -2.39. The Balaban J connectivity index is 0.000000791. The molecule has 1 rings (SSSR count). The fraction of sp³-hybridized carbons (Fsp3) is 0.909. The van der Waals surface area contributed by atoms with Crippen molar-refractivity contribution in [2.75, 3.05) is 7.11 Å². The van der Waals surface area contributed by atoms with E-state index < -0.39 is 11.4 Å². The second kappa shape index (κ2) is 6.02. The number of ether oxygens (including phenoxy) is 1. The fourth-order valence-electron chi connectivity index (χ4n) is 2.03. The van der Waals surface area contributed by atoms with Crippen LogP contribution in [-0.4, -0.2) is 24.3 Å². The van der Waals surface area contributed by atoms with E-state index in [0.29, 0.717) is 0 Å². The molecule has 1 unspecified atom stereocenters. The van der Waals surface area contributed by atoms with E-state index in [9.17, 15) is 4.79 Å². The number of aliphatic carboxylic acids is 1. The van der Waals surface area contributed by atoms with Crippen LogP contribution in [0.15, 0.2) is 0 Å². The smallest absolute Gasteiger partial charge is 0.312 e. The van der Waals surface area contributed by atoms with E-state index in [1.165, 1.54) is 0 Å². The standard InChI is InChI=1S/C9H16O3.C2H6/c1-7(12-2)9(8(10)11)5-3-4-6-9;1-2/h7H,3-6H2,1-2H3,(H,10,11);1-2H3. The van der Waals surface area contributed by atoms with Crippen LogP contribution in [0.4, 0.5) is 0 Å². The molecular weight excluding hydrogens is 180 g/mol. The van der Waals surface area contributed by atoms with Crippen LogP contribution in [0.3, 0.4) is 0 Å². The SMILES string of the molecule is CC.COC(C)C1(C(=O)O)CCCC1. The lowest BCUT2D eigenvalue weighted by Gasteiger charge is -2.29. The normalized spacial score (nSPS) is 20.9. The van der Waals surface area contributed by atoms with Crippen LogP contribution < -0.4 is 0 Å². The van der Waals surface area contributed by atoms with Crippen molar-refractivity contribution < 1.29 is 14.6 Å². The van der Waals surface area contributed by atoms with Gasteiger partial charge in [-0.05, 0) is 19.8 Å². The van der Waals surface area contributed by atoms with Crippen LogP contribution in [-0.2, 0) is 9.53 Å². The van der Waals surface area contributed by atoms with Crippen LogP contribution in [0, 0.1) is 5.41 Å². The van der Waals surface area contributed by atoms with E-state index in [1.807, 2.05) is 20.8 Å². The summed E-state index contributed by atoms with van der Waals surface area (Å²) in [6.45, 7) is 5.85. The second-order valence-electron chi connectivity index (χ2n) is 3.55. The largest absolute Gasteiger partial charge is 0.481 e. The van der Waals surface area contributed by atoms with Gasteiger partial charge in [0.25, 0.3) is 0 Å². The number of carboxylic acids is 1. The molecule has 0 aromatic carbocycles. The van der Waals surface area contributed by atoms with Crippen molar-refractivity contribution in [2.24, 2.45) is 5.41 Å².